The van der Waals surface area contributed by atoms with E-state index in [0.717, 1.165) is 19.4 Å². The summed E-state index contributed by atoms with van der Waals surface area (Å²) in [5, 5.41) is 0. The van der Waals surface area contributed by atoms with Gasteiger partial charge in [-0.2, -0.15) is 0 Å². The number of ether oxygens (including phenoxy) is 1. The van der Waals surface area contributed by atoms with Crippen LogP contribution < -0.4 is 0 Å². The quantitative estimate of drug-likeness (QED) is 0.427. The number of epoxide rings is 1. The van der Waals surface area contributed by atoms with Crippen molar-refractivity contribution in [3.63, 3.8) is 0 Å². The summed E-state index contributed by atoms with van der Waals surface area (Å²) in [7, 11) is 2.03. The van der Waals surface area contributed by atoms with Crippen molar-refractivity contribution < 1.29 is 9.53 Å². The summed E-state index contributed by atoms with van der Waals surface area (Å²) in [6.07, 6.45) is 14.9. The standard InChI is InChI=1S/C28H44N2O2/c1-4-5-20-29(3)27(31)25(22-15-8-6-9-16-22)30(23-17-10-7-11-18-23)28-26(32-28)24-19-13-12-14-21(24)2/h12-14,19,22-23,25-26,28H,4-11,15-18,20H2,1-3H3. The molecule has 0 spiro atoms. The first kappa shape index (κ1) is 23.8. The third-order valence-electron chi connectivity index (χ3n) is 8.15. The van der Waals surface area contributed by atoms with E-state index in [4.69, 9.17) is 4.74 Å². The summed E-state index contributed by atoms with van der Waals surface area (Å²) in [6, 6.07) is 9.06. The number of amides is 1. The number of unbranched alkanes of at least 4 members (excludes halogenated alkanes) is 1. The summed E-state index contributed by atoms with van der Waals surface area (Å²) in [5.74, 6) is 0.805. The van der Waals surface area contributed by atoms with Crippen molar-refractivity contribution in [1.82, 2.24) is 9.80 Å². The van der Waals surface area contributed by atoms with E-state index >= 15 is 0 Å². The maximum Gasteiger partial charge on any atom is 0.240 e. The average molecular weight is 441 g/mol. The summed E-state index contributed by atoms with van der Waals surface area (Å²) in [5.41, 5.74) is 2.59. The van der Waals surface area contributed by atoms with Gasteiger partial charge in [-0.15, -0.1) is 0 Å². The highest BCUT2D eigenvalue weighted by Crippen LogP contribution is 2.47. The highest BCUT2D eigenvalue weighted by Gasteiger charge is 2.53. The van der Waals surface area contributed by atoms with Gasteiger partial charge in [-0.1, -0.05) is 76.1 Å². The highest BCUT2D eigenvalue weighted by molar-refractivity contribution is 5.82. The maximum atomic E-state index is 14.0. The van der Waals surface area contributed by atoms with Gasteiger partial charge in [-0.05, 0) is 56.1 Å². The van der Waals surface area contributed by atoms with Crippen molar-refractivity contribution in [3.05, 3.63) is 35.4 Å². The first-order chi connectivity index (χ1) is 15.6. The van der Waals surface area contributed by atoms with E-state index < -0.39 is 0 Å². The monoisotopic (exact) mass is 440 g/mol. The zero-order chi connectivity index (χ0) is 22.5. The molecule has 3 fully saturated rings. The van der Waals surface area contributed by atoms with Crippen LogP contribution in [0.1, 0.15) is 101 Å². The zero-order valence-corrected chi connectivity index (χ0v) is 20.6. The topological polar surface area (TPSA) is 36.1 Å². The fraction of sp³-hybridized carbons (Fsp3) is 0.750. The number of benzene rings is 1. The molecule has 1 heterocycles. The zero-order valence-electron chi connectivity index (χ0n) is 20.6. The van der Waals surface area contributed by atoms with Crippen LogP contribution in [0.2, 0.25) is 0 Å². The van der Waals surface area contributed by atoms with Crippen LogP contribution in [0.5, 0.6) is 0 Å². The normalized spacial score (nSPS) is 25.6. The molecule has 3 unspecified atom stereocenters. The van der Waals surface area contributed by atoms with Crippen LogP contribution in [-0.4, -0.2) is 47.6 Å². The Kier molecular flexibility index (Phi) is 8.28. The van der Waals surface area contributed by atoms with Crippen LogP contribution in [0.25, 0.3) is 0 Å². The van der Waals surface area contributed by atoms with E-state index in [-0.39, 0.29) is 18.4 Å². The molecule has 3 atom stereocenters. The molecule has 0 N–H and O–H groups in total. The Morgan fingerprint density at radius 2 is 1.69 bits per heavy atom. The number of carbonyl (C=O) groups is 1. The molecule has 178 valence electrons. The first-order valence-corrected chi connectivity index (χ1v) is 13.3. The van der Waals surface area contributed by atoms with Gasteiger partial charge in [-0.3, -0.25) is 9.69 Å². The molecule has 4 rings (SSSR count). The Hall–Kier alpha value is -1.39. The molecule has 4 heteroatoms. The Labute approximate surface area is 195 Å². The Morgan fingerprint density at radius 3 is 2.34 bits per heavy atom. The molecule has 0 radical (unpaired) electrons. The molecule has 0 aromatic heterocycles. The van der Waals surface area contributed by atoms with Gasteiger partial charge in [0, 0.05) is 19.6 Å². The van der Waals surface area contributed by atoms with Crippen molar-refractivity contribution in [1.29, 1.82) is 0 Å². The lowest BCUT2D eigenvalue weighted by atomic mass is 9.80. The lowest BCUT2D eigenvalue weighted by Crippen LogP contribution is -2.57. The molecule has 1 saturated heterocycles. The van der Waals surface area contributed by atoms with Crippen LogP contribution in [-0.2, 0) is 9.53 Å². The van der Waals surface area contributed by atoms with Crippen molar-refractivity contribution in [3.8, 4) is 0 Å². The second-order valence-corrected chi connectivity index (χ2v) is 10.5. The van der Waals surface area contributed by atoms with Crippen LogP contribution >= 0.6 is 0 Å². The van der Waals surface area contributed by atoms with E-state index in [1.807, 2.05) is 11.9 Å². The molecule has 3 aliphatic rings. The SMILES string of the molecule is CCCCN(C)C(=O)C(C1CCCCC1)N(C1CCCCC1)C1OC1c1ccccc1C. The predicted molar refractivity (Wildman–Crippen MR) is 130 cm³/mol. The van der Waals surface area contributed by atoms with Gasteiger partial charge in [-0.25, -0.2) is 0 Å². The van der Waals surface area contributed by atoms with Gasteiger partial charge in [0.05, 0.1) is 6.04 Å². The average Bonchev–Trinajstić information content (AvgIpc) is 3.62. The molecule has 4 nitrogen and oxygen atoms in total. The number of hydrogen-bond donors (Lipinski definition) is 0. The highest BCUT2D eigenvalue weighted by atomic mass is 16.6. The van der Waals surface area contributed by atoms with Crippen LogP contribution in [0, 0.1) is 12.8 Å². The van der Waals surface area contributed by atoms with Crippen LogP contribution in [0.15, 0.2) is 24.3 Å². The molecule has 0 bridgehead atoms. The molecule has 32 heavy (non-hydrogen) atoms. The van der Waals surface area contributed by atoms with E-state index in [1.165, 1.54) is 75.3 Å². The van der Waals surface area contributed by atoms with Gasteiger partial charge in [0.2, 0.25) is 5.91 Å². The Bertz CT molecular complexity index is 739. The molecule has 1 amide bonds. The number of hydrogen-bond acceptors (Lipinski definition) is 3. The number of aryl methyl sites for hydroxylation is 1. The van der Waals surface area contributed by atoms with E-state index in [0.29, 0.717) is 17.9 Å². The first-order valence-electron chi connectivity index (χ1n) is 13.3. The van der Waals surface area contributed by atoms with Gasteiger partial charge in [0.1, 0.15) is 12.3 Å². The molecular weight excluding hydrogens is 396 g/mol. The predicted octanol–water partition coefficient (Wildman–Crippen LogP) is 6.23. The largest absolute Gasteiger partial charge is 0.348 e. The fourth-order valence-corrected chi connectivity index (χ4v) is 6.19. The van der Waals surface area contributed by atoms with Gasteiger partial charge in [0.15, 0.2) is 0 Å². The molecular formula is C28H44N2O2. The summed E-state index contributed by atoms with van der Waals surface area (Å²) >= 11 is 0. The minimum absolute atomic E-state index is 0.0284. The maximum absolute atomic E-state index is 14.0. The Balaban J connectivity index is 1.63. The van der Waals surface area contributed by atoms with Crippen molar-refractivity contribution >= 4 is 5.91 Å². The molecule has 2 aliphatic carbocycles. The lowest BCUT2D eigenvalue weighted by molar-refractivity contribution is -0.142. The second-order valence-electron chi connectivity index (χ2n) is 10.5. The van der Waals surface area contributed by atoms with Crippen LogP contribution in [0.3, 0.4) is 0 Å². The van der Waals surface area contributed by atoms with E-state index in [2.05, 4.69) is 43.0 Å². The second kappa shape index (κ2) is 11.2. The summed E-state index contributed by atoms with van der Waals surface area (Å²) in [4.78, 5) is 18.6. The van der Waals surface area contributed by atoms with Crippen molar-refractivity contribution in [2.24, 2.45) is 5.92 Å². The molecule has 1 aliphatic heterocycles. The van der Waals surface area contributed by atoms with Gasteiger partial charge < -0.3 is 9.64 Å². The number of rotatable bonds is 9. The number of nitrogens with zero attached hydrogens (tertiary/aromatic N) is 2. The van der Waals surface area contributed by atoms with E-state index in [9.17, 15) is 4.79 Å². The van der Waals surface area contributed by atoms with Gasteiger partial charge >= 0.3 is 0 Å². The minimum Gasteiger partial charge on any atom is -0.348 e. The van der Waals surface area contributed by atoms with Gasteiger partial charge in [0.25, 0.3) is 0 Å². The third-order valence-corrected chi connectivity index (χ3v) is 8.15. The van der Waals surface area contributed by atoms with Crippen LogP contribution in [0.4, 0.5) is 0 Å². The fourth-order valence-electron chi connectivity index (χ4n) is 6.19. The smallest absolute Gasteiger partial charge is 0.240 e. The molecule has 2 saturated carbocycles. The molecule has 1 aromatic rings. The lowest BCUT2D eigenvalue weighted by Gasteiger charge is -2.44. The van der Waals surface area contributed by atoms with Crippen molar-refractivity contribution in [2.45, 2.75) is 115 Å². The van der Waals surface area contributed by atoms with E-state index in [1.54, 1.807) is 0 Å². The minimum atomic E-state index is -0.0284. The number of carbonyl (C=O) groups excluding carboxylic acids is 1. The van der Waals surface area contributed by atoms with Crippen molar-refractivity contribution in [2.75, 3.05) is 13.6 Å². The summed E-state index contributed by atoms with van der Waals surface area (Å²) in [6.45, 7) is 5.25. The third kappa shape index (κ3) is 5.39. The Morgan fingerprint density at radius 1 is 1.03 bits per heavy atom. The summed E-state index contributed by atoms with van der Waals surface area (Å²) < 4.78 is 6.44. The number of likely N-dealkylation sites (N-methyl/N-ethyl adjacent to an activating group) is 1. The molecule has 1 aromatic carbocycles.